The van der Waals surface area contributed by atoms with Crippen molar-refractivity contribution < 1.29 is 9.47 Å². The zero-order valence-electron chi connectivity index (χ0n) is 10.4. The fourth-order valence-corrected chi connectivity index (χ4v) is 1.74. The average Bonchev–Trinajstić information content (AvgIpc) is 3.17. The van der Waals surface area contributed by atoms with Crippen LogP contribution in [0.2, 0.25) is 0 Å². The van der Waals surface area contributed by atoms with Gasteiger partial charge in [-0.1, -0.05) is 24.3 Å². The van der Waals surface area contributed by atoms with E-state index in [0.29, 0.717) is 19.8 Å². The molecule has 3 heteroatoms. The third-order valence-electron chi connectivity index (χ3n) is 2.97. The lowest BCUT2D eigenvalue weighted by Crippen LogP contribution is -2.16. The maximum Gasteiger partial charge on any atom is 0.0721 e. The predicted molar refractivity (Wildman–Crippen MR) is 67.8 cm³/mol. The molecule has 0 radical (unpaired) electrons. The Morgan fingerprint density at radius 1 is 1.18 bits per heavy atom. The van der Waals surface area contributed by atoms with Gasteiger partial charge in [0, 0.05) is 19.7 Å². The lowest BCUT2D eigenvalue weighted by molar-refractivity contribution is 0.0613. The summed E-state index contributed by atoms with van der Waals surface area (Å²) in [5, 5.41) is 3.53. The summed E-state index contributed by atoms with van der Waals surface area (Å²) < 4.78 is 10.5. The first-order chi connectivity index (χ1) is 8.40. The van der Waals surface area contributed by atoms with Crippen LogP contribution in [0, 0.1) is 0 Å². The molecule has 17 heavy (non-hydrogen) atoms. The number of ether oxygens (including phenoxy) is 2. The van der Waals surface area contributed by atoms with Crippen LogP contribution in [0.4, 0.5) is 0 Å². The number of nitrogens with one attached hydrogen (secondary N) is 1. The van der Waals surface area contributed by atoms with Gasteiger partial charge in [-0.15, -0.1) is 0 Å². The fourth-order valence-electron chi connectivity index (χ4n) is 1.74. The first kappa shape index (κ1) is 12.6. The molecular weight excluding hydrogens is 214 g/mol. The normalized spacial score (nSPS) is 15.1. The SMILES string of the molecule is COCCOCc1ccccc1CNC1CC1. The van der Waals surface area contributed by atoms with E-state index in [0.717, 1.165) is 12.6 Å². The molecule has 0 aromatic heterocycles. The first-order valence-electron chi connectivity index (χ1n) is 6.27. The minimum absolute atomic E-state index is 0.654. The highest BCUT2D eigenvalue weighted by molar-refractivity contribution is 5.26. The second kappa shape index (κ2) is 6.74. The Morgan fingerprint density at radius 2 is 1.94 bits per heavy atom. The molecule has 0 spiro atoms. The van der Waals surface area contributed by atoms with Crippen molar-refractivity contribution in [2.45, 2.75) is 32.0 Å². The van der Waals surface area contributed by atoms with Crippen molar-refractivity contribution in [2.24, 2.45) is 0 Å². The Balaban J connectivity index is 1.80. The van der Waals surface area contributed by atoms with E-state index in [4.69, 9.17) is 9.47 Å². The van der Waals surface area contributed by atoms with Crippen LogP contribution in [0.3, 0.4) is 0 Å². The summed E-state index contributed by atoms with van der Waals surface area (Å²) in [6.45, 7) is 2.93. The summed E-state index contributed by atoms with van der Waals surface area (Å²) >= 11 is 0. The van der Waals surface area contributed by atoms with Crippen LogP contribution in [0.5, 0.6) is 0 Å². The minimum atomic E-state index is 0.654. The van der Waals surface area contributed by atoms with Crippen LogP contribution >= 0.6 is 0 Å². The van der Waals surface area contributed by atoms with Crippen molar-refractivity contribution in [1.29, 1.82) is 0 Å². The Morgan fingerprint density at radius 3 is 2.65 bits per heavy atom. The van der Waals surface area contributed by atoms with Crippen molar-refractivity contribution >= 4 is 0 Å². The Kier molecular flexibility index (Phi) is 4.98. The van der Waals surface area contributed by atoms with Crippen molar-refractivity contribution in [3.63, 3.8) is 0 Å². The fraction of sp³-hybridized carbons (Fsp3) is 0.571. The topological polar surface area (TPSA) is 30.5 Å². The molecule has 2 rings (SSSR count). The van der Waals surface area contributed by atoms with E-state index in [2.05, 4.69) is 29.6 Å². The molecule has 0 bridgehead atoms. The number of methoxy groups -OCH3 is 1. The van der Waals surface area contributed by atoms with Gasteiger partial charge in [-0.3, -0.25) is 0 Å². The van der Waals surface area contributed by atoms with Crippen molar-refractivity contribution in [3.05, 3.63) is 35.4 Å². The molecule has 1 aromatic carbocycles. The summed E-state index contributed by atoms with van der Waals surface area (Å²) in [6, 6.07) is 9.21. The van der Waals surface area contributed by atoms with Crippen LogP contribution in [0.15, 0.2) is 24.3 Å². The minimum Gasteiger partial charge on any atom is -0.382 e. The highest BCUT2D eigenvalue weighted by atomic mass is 16.5. The molecule has 1 aromatic rings. The second-order valence-electron chi connectivity index (χ2n) is 4.47. The molecule has 94 valence electrons. The predicted octanol–water partition coefficient (Wildman–Crippen LogP) is 2.10. The van der Waals surface area contributed by atoms with Gasteiger partial charge in [0.15, 0.2) is 0 Å². The number of hydrogen-bond acceptors (Lipinski definition) is 3. The summed E-state index contributed by atoms with van der Waals surface area (Å²) in [7, 11) is 1.69. The van der Waals surface area contributed by atoms with Crippen LogP contribution in [-0.4, -0.2) is 26.4 Å². The van der Waals surface area contributed by atoms with Crippen LogP contribution < -0.4 is 5.32 Å². The third kappa shape index (κ3) is 4.46. The van der Waals surface area contributed by atoms with Crippen LogP contribution in [-0.2, 0) is 22.6 Å². The van der Waals surface area contributed by atoms with Gasteiger partial charge in [0.1, 0.15) is 0 Å². The van der Waals surface area contributed by atoms with E-state index < -0.39 is 0 Å². The standard InChI is InChI=1S/C14H21NO2/c1-16-8-9-17-11-13-5-3-2-4-12(13)10-15-14-6-7-14/h2-5,14-15H,6-11H2,1H3. The number of benzene rings is 1. The van der Waals surface area contributed by atoms with Gasteiger partial charge < -0.3 is 14.8 Å². The molecular formula is C14H21NO2. The van der Waals surface area contributed by atoms with E-state index in [-0.39, 0.29) is 0 Å². The van der Waals surface area contributed by atoms with Gasteiger partial charge >= 0.3 is 0 Å². The summed E-state index contributed by atoms with van der Waals surface area (Å²) in [5.41, 5.74) is 2.62. The lowest BCUT2D eigenvalue weighted by atomic mass is 10.1. The number of hydrogen-bond donors (Lipinski definition) is 1. The van der Waals surface area contributed by atoms with E-state index in [1.54, 1.807) is 7.11 Å². The average molecular weight is 235 g/mol. The Bertz CT molecular complexity index is 337. The summed E-state index contributed by atoms with van der Waals surface area (Å²) in [4.78, 5) is 0. The van der Waals surface area contributed by atoms with Gasteiger partial charge in [0.25, 0.3) is 0 Å². The molecule has 1 N–H and O–H groups in total. The second-order valence-corrected chi connectivity index (χ2v) is 4.47. The molecule has 0 saturated heterocycles. The highest BCUT2D eigenvalue weighted by Crippen LogP contribution is 2.20. The maximum atomic E-state index is 5.57. The molecule has 0 atom stereocenters. The Hall–Kier alpha value is -0.900. The van der Waals surface area contributed by atoms with Gasteiger partial charge in [-0.05, 0) is 24.0 Å². The molecule has 3 nitrogen and oxygen atoms in total. The van der Waals surface area contributed by atoms with Crippen molar-refractivity contribution in [3.8, 4) is 0 Å². The molecule has 1 saturated carbocycles. The smallest absolute Gasteiger partial charge is 0.0721 e. The molecule has 0 unspecified atom stereocenters. The summed E-state index contributed by atoms with van der Waals surface area (Å²) in [5.74, 6) is 0. The van der Waals surface area contributed by atoms with Crippen molar-refractivity contribution in [2.75, 3.05) is 20.3 Å². The van der Waals surface area contributed by atoms with E-state index >= 15 is 0 Å². The number of rotatable bonds is 8. The van der Waals surface area contributed by atoms with E-state index in [1.165, 1.54) is 24.0 Å². The zero-order valence-corrected chi connectivity index (χ0v) is 10.4. The maximum absolute atomic E-state index is 5.57. The largest absolute Gasteiger partial charge is 0.382 e. The van der Waals surface area contributed by atoms with Gasteiger partial charge in [-0.2, -0.15) is 0 Å². The zero-order chi connectivity index (χ0) is 11.9. The van der Waals surface area contributed by atoms with Crippen LogP contribution in [0.25, 0.3) is 0 Å². The highest BCUT2D eigenvalue weighted by Gasteiger charge is 2.20. The van der Waals surface area contributed by atoms with Gasteiger partial charge in [0.05, 0.1) is 19.8 Å². The van der Waals surface area contributed by atoms with Crippen LogP contribution in [0.1, 0.15) is 24.0 Å². The molecule has 0 amide bonds. The molecule has 1 aliphatic rings. The quantitative estimate of drug-likeness (QED) is 0.700. The Labute approximate surface area is 103 Å². The van der Waals surface area contributed by atoms with Crippen molar-refractivity contribution in [1.82, 2.24) is 5.32 Å². The molecule has 0 heterocycles. The van der Waals surface area contributed by atoms with E-state index in [1.807, 2.05) is 0 Å². The van der Waals surface area contributed by atoms with Gasteiger partial charge in [0.2, 0.25) is 0 Å². The lowest BCUT2D eigenvalue weighted by Gasteiger charge is -2.10. The van der Waals surface area contributed by atoms with Gasteiger partial charge in [-0.25, -0.2) is 0 Å². The monoisotopic (exact) mass is 235 g/mol. The summed E-state index contributed by atoms with van der Waals surface area (Å²) in [6.07, 6.45) is 2.65. The third-order valence-corrected chi connectivity index (χ3v) is 2.97. The first-order valence-corrected chi connectivity index (χ1v) is 6.27. The molecule has 1 fully saturated rings. The molecule has 0 aliphatic heterocycles. The van der Waals surface area contributed by atoms with E-state index in [9.17, 15) is 0 Å². The molecule has 1 aliphatic carbocycles.